The van der Waals surface area contributed by atoms with Crippen LogP contribution < -0.4 is 19.5 Å². The Morgan fingerprint density at radius 1 is 0.969 bits per heavy atom. The predicted octanol–water partition coefficient (Wildman–Crippen LogP) is 2.99. The quantitative estimate of drug-likeness (QED) is 0.519. The largest absolute Gasteiger partial charge is 0.496 e. The fourth-order valence-corrected chi connectivity index (χ4v) is 4.02. The number of rotatable bonds is 12. The SMILES string of the molecule is CCOc1ccc(CNC(=O)CCc2cc(S(=O)(=O)N(C)C)ccc2OC)cc1OCC. The number of aryl methyl sites for hydroxylation is 1. The van der Waals surface area contributed by atoms with E-state index >= 15 is 0 Å². The molecule has 0 aliphatic carbocycles. The second-order valence-corrected chi connectivity index (χ2v) is 9.34. The van der Waals surface area contributed by atoms with Gasteiger partial charge in [0.25, 0.3) is 0 Å². The van der Waals surface area contributed by atoms with Gasteiger partial charge >= 0.3 is 0 Å². The standard InChI is InChI=1S/C23H32N2O6S/c1-6-30-21-11-8-17(14-22(21)31-7-2)16-24-23(26)13-9-18-15-19(10-12-20(18)29-5)32(27,28)25(3)4/h8,10-12,14-15H,6-7,9,13,16H2,1-5H3,(H,24,26). The van der Waals surface area contributed by atoms with Gasteiger partial charge in [-0.1, -0.05) is 6.07 Å². The summed E-state index contributed by atoms with van der Waals surface area (Å²) in [6.07, 6.45) is 0.538. The van der Waals surface area contributed by atoms with Gasteiger partial charge < -0.3 is 19.5 Å². The third-order valence-corrected chi connectivity index (χ3v) is 6.56. The van der Waals surface area contributed by atoms with Gasteiger partial charge in [0.1, 0.15) is 5.75 Å². The van der Waals surface area contributed by atoms with Crippen LogP contribution in [0.3, 0.4) is 0 Å². The van der Waals surface area contributed by atoms with Crippen molar-refractivity contribution in [2.24, 2.45) is 0 Å². The summed E-state index contributed by atoms with van der Waals surface area (Å²) >= 11 is 0. The monoisotopic (exact) mass is 464 g/mol. The van der Waals surface area contributed by atoms with E-state index in [4.69, 9.17) is 14.2 Å². The lowest BCUT2D eigenvalue weighted by atomic mass is 10.1. The number of sulfonamides is 1. The molecule has 0 bridgehead atoms. The summed E-state index contributed by atoms with van der Waals surface area (Å²) in [6, 6.07) is 10.2. The lowest BCUT2D eigenvalue weighted by molar-refractivity contribution is -0.121. The molecule has 2 aromatic rings. The van der Waals surface area contributed by atoms with E-state index in [2.05, 4.69) is 5.32 Å². The average Bonchev–Trinajstić information content (AvgIpc) is 2.77. The molecule has 8 nitrogen and oxygen atoms in total. The molecule has 0 spiro atoms. The molecule has 0 unspecified atom stereocenters. The van der Waals surface area contributed by atoms with E-state index in [1.54, 1.807) is 12.1 Å². The molecule has 32 heavy (non-hydrogen) atoms. The molecule has 9 heteroatoms. The molecule has 0 fully saturated rings. The van der Waals surface area contributed by atoms with Crippen molar-refractivity contribution in [3.63, 3.8) is 0 Å². The van der Waals surface area contributed by atoms with Crippen molar-refractivity contribution >= 4 is 15.9 Å². The van der Waals surface area contributed by atoms with Crippen LogP contribution in [0.2, 0.25) is 0 Å². The summed E-state index contributed by atoms with van der Waals surface area (Å²) in [7, 11) is 0.898. The van der Waals surface area contributed by atoms with Crippen LogP contribution >= 0.6 is 0 Å². The number of hydrogen-bond acceptors (Lipinski definition) is 6. The Kier molecular flexibility index (Phi) is 9.34. The minimum Gasteiger partial charge on any atom is -0.496 e. The number of hydrogen-bond donors (Lipinski definition) is 1. The van der Waals surface area contributed by atoms with Gasteiger partial charge in [0, 0.05) is 27.1 Å². The van der Waals surface area contributed by atoms with Crippen molar-refractivity contribution in [1.29, 1.82) is 0 Å². The average molecular weight is 465 g/mol. The molecular weight excluding hydrogens is 432 g/mol. The number of benzene rings is 2. The van der Waals surface area contributed by atoms with E-state index in [-0.39, 0.29) is 17.2 Å². The van der Waals surface area contributed by atoms with E-state index in [0.29, 0.717) is 49.0 Å². The molecular formula is C23H32N2O6S. The lowest BCUT2D eigenvalue weighted by Crippen LogP contribution is -2.23. The second-order valence-electron chi connectivity index (χ2n) is 7.18. The number of ether oxygens (including phenoxy) is 3. The minimum atomic E-state index is -3.57. The third-order valence-electron chi connectivity index (χ3n) is 4.75. The van der Waals surface area contributed by atoms with Gasteiger partial charge in [0.15, 0.2) is 11.5 Å². The van der Waals surface area contributed by atoms with Crippen molar-refractivity contribution in [1.82, 2.24) is 9.62 Å². The van der Waals surface area contributed by atoms with Crippen molar-refractivity contribution in [3.05, 3.63) is 47.5 Å². The molecule has 0 aliphatic heterocycles. The van der Waals surface area contributed by atoms with Crippen molar-refractivity contribution in [2.75, 3.05) is 34.4 Å². The zero-order valence-corrected chi connectivity index (χ0v) is 20.1. The summed E-state index contributed by atoms with van der Waals surface area (Å²) < 4.78 is 42.5. The summed E-state index contributed by atoms with van der Waals surface area (Å²) in [4.78, 5) is 12.6. The fraction of sp³-hybridized carbons (Fsp3) is 0.435. The molecule has 0 saturated heterocycles. The van der Waals surface area contributed by atoms with Crippen LogP contribution in [0.4, 0.5) is 0 Å². The molecule has 2 aromatic carbocycles. The maximum Gasteiger partial charge on any atom is 0.242 e. The number of nitrogens with one attached hydrogen (secondary N) is 1. The Bertz CT molecular complexity index is 1020. The minimum absolute atomic E-state index is 0.153. The zero-order chi connectivity index (χ0) is 23.7. The molecule has 1 N–H and O–H groups in total. The lowest BCUT2D eigenvalue weighted by Gasteiger charge is -2.15. The van der Waals surface area contributed by atoms with E-state index in [0.717, 1.165) is 9.87 Å². The number of carbonyl (C=O) groups excluding carboxylic acids is 1. The fourth-order valence-electron chi connectivity index (χ4n) is 3.06. The van der Waals surface area contributed by atoms with Crippen LogP contribution in [-0.2, 0) is 27.8 Å². The summed E-state index contributed by atoms with van der Waals surface area (Å²) in [6.45, 7) is 5.20. The van der Waals surface area contributed by atoms with Crippen LogP contribution in [0.1, 0.15) is 31.4 Å². The van der Waals surface area contributed by atoms with Crippen LogP contribution in [0.25, 0.3) is 0 Å². The Labute approximate surface area is 190 Å². The molecule has 0 heterocycles. The molecule has 1 amide bonds. The highest BCUT2D eigenvalue weighted by atomic mass is 32.2. The Balaban J connectivity index is 2.03. The molecule has 176 valence electrons. The third kappa shape index (κ3) is 6.61. The number of carbonyl (C=O) groups is 1. The topological polar surface area (TPSA) is 94.2 Å². The van der Waals surface area contributed by atoms with E-state index in [1.165, 1.54) is 27.3 Å². The normalized spacial score (nSPS) is 11.3. The van der Waals surface area contributed by atoms with Gasteiger partial charge in [0.05, 0.1) is 25.2 Å². The molecule has 0 aromatic heterocycles. The smallest absolute Gasteiger partial charge is 0.242 e. The van der Waals surface area contributed by atoms with E-state index in [9.17, 15) is 13.2 Å². The van der Waals surface area contributed by atoms with Crippen LogP contribution in [-0.4, -0.2) is 53.0 Å². The zero-order valence-electron chi connectivity index (χ0n) is 19.3. The Hall–Kier alpha value is -2.78. The number of amides is 1. The van der Waals surface area contributed by atoms with Gasteiger partial charge in [-0.3, -0.25) is 4.79 Å². The molecule has 0 radical (unpaired) electrons. The van der Waals surface area contributed by atoms with Crippen molar-refractivity contribution in [3.8, 4) is 17.2 Å². The first kappa shape index (κ1) is 25.5. The highest BCUT2D eigenvalue weighted by molar-refractivity contribution is 7.89. The molecule has 0 aliphatic rings. The molecule has 2 rings (SSSR count). The first-order valence-electron chi connectivity index (χ1n) is 10.5. The molecule has 0 saturated carbocycles. The van der Waals surface area contributed by atoms with Gasteiger partial charge in [-0.05, 0) is 61.7 Å². The van der Waals surface area contributed by atoms with Crippen LogP contribution in [0.15, 0.2) is 41.3 Å². The van der Waals surface area contributed by atoms with Crippen LogP contribution in [0.5, 0.6) is 17.2 Å². The Morgan fingerprint density at radius 3 is 2.25 bits per heavy atom. The maximum absolute atomic E-state index is 12.4. The Morgan fingerprint density at radius 2 is 1.62 bits per heavy atom. The number of methoxy groups -OCH3 is 1. The first-order valence-corrected chi connectivity index (χ1v) is 11.9. The van der Waals surface area contributed by atoms with Crippen molar-refractivity contribution in [2.45, 2.75) is 38.1 Å². The summed E-state index contributed by atoms with van der Waals surface area (Å²) in [5.74, 6) is 1.71. The number of nitrogens with zero attached hydrogens (tertiary/aromatic N) is 1. The molecule has 0 atom stereocenters. The predicted molar refractivity (Wildman–Crippen MR) is 123 cm³/mol. The highest BCUT2D eigenvalue weighted by Crippen LogP contribution is 2.28. The van der Waals surface area contributed by atoms with Crippen molar-refractivity contribution < 1.29 is 27.4 Å². The summed E-state index contributed by atoms with van der Waals surface area (Å²) in [5, 5.41) is 2.89. The van der Waals surface area contributed by atoms with Gasteiger partial charge in [0.2, 0.25) is 15.9 Å². The maximum atomic E-state index is 12.4. The second kappa shape index (κ2) is 11.7. The van der Waals surface area contributed by atoms with E-state index in [1.807, 2.05) is 32.0 Å². The van der Waals surface area contributed by atoms with Gasteiger partial charge in [-0.25, -0.2) is 12.7 Å². The van der Waals surface area contributed by atoms with Gasteiger partial charge in [-0.15, -0.1) is 0 Å². The van der Waals surface area contributed by atoms with Crippen LogP contribution in [0, 0.1) is 0 Å². The first-order chi connectivity index (χ1) is 15.2. The van der Waals surface area contributed by atoms with Gasteiger partial charge in [-0.2, -0.15) is 0 Å². The highest BCUT2D eigenvalue weighted by Gasteiger charge is 2.19. The summed E-state index contributed by atoms with van der Waals surface area (Å²) in [5.41, 5.74) is 1.55. The van der Waals surface area contributed by atoms with E-state index < -0.39 is 10.0 Å².